The number of nitrogens with one attached hydrogen (secondary N) is 2. The van der Waals surface area contributed by atoms with Crippen LogP contribution in [0.1, 0.15) is 15.9 Å². The molecular weight excluding hydrogens is 453 g/mol. The largest absolute Gasteiger partial charge is 0.416 e. The Kier molecular flexibility index (Phi) is 5.78. The Morgan fingerprint density at radius 3 is 2.48 bits per heavy atom. The van der Waals surface area contributed by atoms with Crippen LogP contribution in [0, 0.1) is 0 Å². The van der Waals surface area contributed by atoms with Gasteiger partial charge in [-0.05, 0) is 30.3 Å². The van der Waals surface area contributed by atoms with Gasteiger partial charge in [0.15, 0.2) is 0 Å². The van der Waals surface area contributed by atoms with Gasteiger partial charge in [-0.25, -0.2) is 0 Å². The molecule has 2 aromatic carbocycles. The fraction of sp³-hybridized carbons (Fsp3) is 0.0625. The quantitative estimate of drug-likeness (QED) is 0.552. The molecule has 0 fully saturated rings. The van der Waals surface area contributed by atoms with Gasteiger partial charge in [-0.15, -0.1) is 10.2 Å². The van der Waals surface area contributed by atoms with Crippen LogP contribution < -0.4 is 10.0 Å². The van der Waals surface area contributed by atoms with Crippen LogP contribution in [0.3, 0.4) is 0 Å². The molecule has 29 heavy (non-hydrogen) atoms. The summed E-state index contributed by atoms with van der Waals surface area (Å²) in [4.78, 5) is 12.2. The first-order valence-corrected chi connectivity index (χ1v) is 10.3. The molecule has 0 saturated carbocycles. The van der Waals surface area contributed by atoms with Crippen molar-refractivity contribution in [3.8, 4) is 0 Å². The number of hydrogen-bond acceptors (Lipinski definition) is 6. The normalized spacial score (nSPS) is 11.9. The molecule has 0 radical (unpaired) electrons. The molecular formula is C16H10ClF3N4O3S2. The summed E-state index contributed by atoms with van der Waals surface area (Å²) in [5.74, 6) is -0.624. The van der Waals surface area contributed by atoms with Gasteiger partial charge in [0, 0.05) is 5.69 Å². The maximum atomic E-state index is 12.8. The highest BCUT2D eigenvalue weighted by Gasteiger charge is 2.31. The van der Waals surface area contributed by atoms with Crippen molar-refractivity contribution >= 4 is 49.7 Å². The molecule has 1 heterocycles. The van der Waals surface area contributed by atoms with E-state index in [0.29, 0.717) is 17.4 Å². The number of hydrogen-bond donors (Lipinski definition) is 2. The van der Waals surface area contributed by atoms with Crippen LogP contribution in [-0.2, 0) is 16.2 Å². The predicted molar refractivity (Wildman–Crippen MR) is 102 cm³/mol. The fourth-order valence-electron chi connectivity index (χ4n) is 2.14. The van der Waals surface area contributed by atoms with E-state index in [1.807, 2.05) is 4.72 Å². The van der Waals surface area contributed by atoms with Crippen molar-refractivity contribution in [2.75, 3.05) is 10.0 Å². The first-order chi connectivity index (χ1) is 13.6. The molecule has 0 aliphatic heterocycles. The van der Waals surface area contributed by atoms with Gasteiger partial charge in [-0.2, -0.15) is 21.6 Å². The summed E-state index contributed by atoms with van der Waals surface area (Å²) >= 11 is 6.45. The van der Waals surface area contributed by atoms with E-state index in [-0.39, 0.29) is 21.4 Å². The minimum Gasteiger partial charge on any atom is -0.296 e. The smallest absolute Gasteiger partial charge is 0.296 e. The van der Waals surface area contributed by atoms with Crippen LogP contribution in [0.15, 0.2) is 52.9 Å². The maximum absolute atomic E-state index is 12.8. The lowest BCUT2D eigenvalue weighted by molar-refractivity contribution is -0.137. The summed E-state index contributed by atoms with van der Waals surface area (Å²) in [6.45, 7) is 0. The number of halogens is 4. The number of nitrogens with zero attached hydrogens (tertiary/aromatic N) is 2. The molecule has 0 saturated heterocycles. The average Bonchev–Trinajstić information content (AvgIpc) is 3.10. The number of aromatic nitrogens is 2. The number of amides is 1. The van der Waals surface area contributed by atoms with Crippen molar-refractivity contribution in [3.05, 3.63) is 64.7 Å². The lowest BCUT2D eigenvalue weighted by Gasteiger charge is -2.09. The molecule has 1 amide bonds. The Balaban J connectivity index is 1.77. The molecule has 0 unspecified atom stereocenters. The molecule has 0 spiro atoms. The Labute approximate surface area is 171 Å². The zero-order valence-electron chi connectivity index (χ0n) is 14.1. The van der Waals surface area contributed by atoms with E-state index in [0.717, 1.165) is 18.2 Å². The zero-order valence-corrected chi connectivity index (χ0v) is 16.5. The molecule has 0 bridgehead atoms. The van der Waals surface area contributed by atoms with E-state index in [1.165, 1.54) is 12.1 Å². The van der Waals surface area contributed by atoms with Gasteiger partial charge in [0.05, 0.1) is 16.1 Å². The van der Waals surface area contributed by atoms with E-state index in [2.05, 4.69) is 15.5 Å². The third kappa shape index (κ3) is 5.02. The lowest BCUT2D eigenvalue weighted by atomic mass is 10.2. The van der Waals surface area contributed by atoms with Crippen molar-refractivity contribution in [1.82, 2.24) is 10.2 Å². The number of benzene rings is 2. The van der Waals surface area contributed by atoms with Gasteiger partial charge >= 0.3 is 6.18 Å². The second-order valence-electron chi connectivity index (χ2n) is 5.49. The van der Waals surface area contributed by atoms with Gasteiger partial charge in [-0.1, -0.05) is 41.1 Å². The summed E-state index contributed by atoms with van der Waals surface area (Å²) in [5.41, 5.74) is -1.16. The third-order valence-corrected chi connectivity index (χ3v) is 6.33. The topological polar surface area (TPSA) is 101 Å². The highest BCUT2D eigenvalue weighted by molar-refractivity contribution is 7.94. The van der Waals surface area contributed by atoms with Crippen molar-refractivity contribution in [2.45, 2.75) is 10.5 Å². The van der Waals surface area contributed by atoms with Crippen LogP contribution in [0.5, 0.6) is 0 Å². The van der Waals surface area contributed by atoms with Gasteiger partial charge in [0.1, 0.15) is 0 Å². The minimum absolute atomic E-state index is 0.126. The van der Waals surface area contributed by atoms with Crippen LogP contribution in [-0.4, -0.2) is 24.5 Å². The van der Waals surface area contributed by atoms with E-state index < -0.39 is 32.0 Å². The molecule has 0 aliphatic rings. The van der Waals surface area contributed by atoms with Crippen molar-refractivity contribution < 1.29 is 26.4 Å². The Morgan fingerprint density at radius 1 is 1.07 bits per heavy atom. The first kappa shape index (κ1) is 21.0. The maximum Gasteiger partial charge on any atom is 0.416 e. The molecule has 2 N–H and O–H groups in total. The van der Waals surface area contributed by atoms with E-state index >= 15 is 0 Å². The van der Waals surface area contributed by atoms with Gasteiger partial charge < -0.3 is 0 Å². The standard InChI is InChI=1S/C16H10ClF3N4O3S2/c17-12-7-2-1-6-11(12)13(25)21-14-22-23-15(28-14)29(26,27)24-10-5-3-4-9(8-10)16(18,19)20/h1-8,24H,(H,21,22,25). The highest BCUT2D eigenvalue weighted by Crippen LogP contribution is 2.31. The number of rotatable bonds is 5. The second-order valence-corrected chi connectivity index (χ2v) is 8.73. The summed E-state index contributed by atoms with van der Waals surface area (Å²) in [7, 11) is -4.31. The minimum atomic E-state index is -4.62. The first-order valence-electron chi connectivity index (χ1n) is 7.66. The molecule has 0 aliphatic carbocycles. The fourth-order valence-corrected chi connectivity index (χ4v) is 4.30. The van der Waals surface area contributed by atoms with E-state index in [4.69, 9.17) is 11.6 Å². The Morgan fingerprint density at radius 2 is 1.79 bits per heavy atom. The summed E-state index contributed by atoms with van der Waals surface area (Å²) in [5, 5.41) is 9.47. The molecule has 3 rings (SSSR count). The van der Waals surface area contributed by atoms with Gasteiger partial charge in [-0.3, -0.25) is 14.8 Å². The third-order valence-electron chi connectivity index (χ3n) is 3.42. The molecule has 1 aromatic heterocycles. The monoisotopic (exact) mass is 462 g/mol. The lowest BCUT2D eigenvalue weighted by Crippen LogP contribution is -2.14. The zero-order chi connectivity index (χ0) is 21.2. The van der Waals surface area contributed by atoms with Crippen LogP contribution in [0.2, 0.25) is 5.02 Å². The molecule has 13 heteroatoms. The van der Waals surface area contributed by atoms with Crippen LogP contribution >= 0.6 is 22.9 Å². The molecule has 0 atom stereocenters. The predicted octanol–water partition coefficient (Wildman–Crippen LogP) is 4.26. The van der Waals surface area contributed by atoms with Crippen molar-refractivity contribution in [3.63, 3.8) is 0 Å². The van der Waals surface area contributed by atoms with Gasteiger partial charge in [0.25, 0.3) is 20.3 Å². The number of carbonyl (C=O) groups excluding carboxylic acids is 1. The molecule has 152 valence electrons. The van der Waals surface area contributed by atoms with E-state index in [1.54, 1.807) is 12.1 Å². The molecule has 7 nitrogen and oxygen atoms in total. The summed E-state index contributed by atoms with van der Waals surface area (Å²) in [6, 6.07) is 9.88. The van der Waals surface area contributed by atoms with E-state index in [9.17, 15) is 26.4 Å². The second kappa shape index (κ2) is 7.97. The summed E-state index contributed by atoms with van der Waals surface area (Å²) in [6.07, 6.45) is -4.62. The number of anilines is 2. The number of carbonyl (C=O) groups is 1. The highest BCUT2D eigenvalue weighted by atomic mass is 35.5. The van der Waals surface area contributed by atoms with Gasteiger partial charge in [0.2, 0.25) is 5.13 Å². The summed E-state index contributed by atoms with van der Waals surface area (Å²) < 4.78 is 64.5. The SMILES string of the molecule is O=C(Nc1nnc(S(=O)(=O)Nc2cccc(C(F)(F)F)c2)s1)c1ccccc1Cl. The van der Waals surface area contributed by atoms with Crippen molar-refractivity contribution in [2.24, 2.45) is 0 Å². The van der Waals surface area contributed by atoms with Crippen molar-refractivity contribution in [1.29, 1.82) is 0 Å². The Bertz CT molecular complexity index is 1170. The van der Waals surface area contributed by atoms with Crippen LogP contribution in [0.25, 0.3) is 0 Å². The number of sulfonamides is 1. The average molecular weight is 463 g/mol. The van der Waals surface area contributed by atoms with Crippen LogP contribution in [0.4, 0.5) is 24.0 Å². The Hall–Kier alpha value is -2.70. The molecule has 3 aromatic rings. The number of alkyl halides is 3.